The summed E-state index contributed by atoms with van der Waals surface area (Å²) in [5, 5.41) is 0.692. The predicted octanol–water partition coefficient (Wildman–Crippen LogP) is 4.01. The summed E-state index contributed by atoms with van der Waals surface area (Å²) in [6.07, 6.45) is 7.98. The van der Waals surface area contributed by atoms with Gasteiger partial charge in [0, 0.05) is 37.1 Å². The van der Waals surface area contributed by atoms with Crippen molar-refractivity contribution in [2.24, 2.45) is 5.92 Å². The molecule has 5 heteroatoms. The number of hydrogen-bond donors (Lipinski definition) is 0. The molecule has 4 nitrogen and oxygen atoms in total. The Labute approximate surface area is 166 Å². The molecule has 0 unspecified atom stereocenters. The number of carbonyl (C=O) groups excluding carboxylic acids is 2. The van der Waals surface area contributed by atoms with Crippen LogP contribution in [0.15, 0.2) is 24.3 Å². The topological polar surface area (TPSA) is 40.6 Å². The second-order valence-corrected chi connectivity index (χ2v) is 8.83. The van der Waals surface area contributed by atoms with Crippen LogP contribution in [-0.4, -0.2) is 47.8 Å². The Bertz CT molecular complexity index is 702. The van der Waals surface area contributed by atoms with Crippen LogP contribution >= 0.6 is 11.6 Å². The van der Waals surface area contributed by atoms with Crippen LogP contribution in [0.2, 0.25) is 5.02 Å². The van der Waals surface area contributed by atoms with Gasteiger partial charge in [0.05, 0.1) is 5.41 Å². The maximum Gasteiger partial charge on any atom is 0.233 e. The van der Waals surface area contributed by atoms with Gasteiger partial charge in [-0.05, 0) is 62.6 Å². The number of carbonyl (C=O) groups is 2. The van der Waals surface area contributed by atoms with Gasteiger partial charge in [-0.3, -0.25) is 9.59 Å². The number of hydrogen-bond acceptors (Lipinski definition) is 2. The van der Waals surface area contributed by atoms with Gasteiger partial charge in [0.2, 0.25) is 11.8 Å². The van der Waals surface area contributed by atoms with E-state index in [4.69, 9.17) is 11.6 Å². The lowest BCUT2D eigenvalue weighted by molar-refractivity contribution is -0.146. The van der Waals surface area contributed by atoms with Crippen LogP contribution in [0.25, 0.3) is 0 Å². The van der Waals surface area contributed by atoms with Crippen molar-refractivity contribution < 1.29 is 9.59 Å². The zero-order valence-electron chi connectivity index (χ0n) is 16.0. The molecule has 0 spiro atoms. The molecule has 2 saturated heterocycles. The third-order valence-electron chi connectivity index (χ3n) is 6.79. The second-order valence-electron chi connectivity index (χ2n) is 8.40. The van der Waals surface area contributed by atoms with Crippen LogP contribution in [0.5, 0.6) is 0 Å². The highest BCUT2D eigenvalue weighted by atomic mass is 35.5. The molecule has 3 aliphatic rings. The van der Waals surface area contributed by atoms with Gasteiger partial charge in [-0.25, -0.2) is 0 Å². The van der Waals surface area contributed by atoms with Crippen molar-refractivity contribution >= 4 is 23.4 Å². The molecule has 27 heavy (non-hydrogen) atoms. The summed E-state index contributed by atoms with van der Waals surface area (Å²) < 4.78 is 0. The van der Waals surface area contributed by atoms with Crippen LogP contribution < -0.4 is 0 Å². The van der Waals surface area contributed by atoms with E-state index in [-0.39, 0.29) is 11.8 Å². The number of benzene rings is 1. The highest BCUT2D eigenvalue weighted by Gasteiger charge is 2.48. The van der Waals surface area contributed by atoms with E-state index in [0.29, 0.717) is 24.0 Å². The summed E-state index contributed by atoms with van der Waals surface area (Å²) in [7, 11) is 0. The van der Waals surface area contributed by atoms with Crippen molar-refractivity contribution in [3.8, 4) is 0 Å². The van der Waals surface area contributed by atoms with Gasteiger partial charge >= 0.3 is 0 Å². The standard InChI is InChI=1S/C22H29ClN2O2/c23-19-7-4-6-18(16-19)22(10-5-11-22)21(27)25-14-8-17(9-15-25)20(26)24-12-2-1-3-13-24/h4,6-7,16-17H,1-3,5,8-15H2. The van der Waals surface area contributed by atoms with Gasteiger partial charge in [0.1, 0.15) is 0 Å². The molecule has 0 aromatic heterocycles. The van der Waals surface area contributed by atoms with Gasteiger partial charge in [0.15, 0.2) is 0 Å². The Kier molecular flexibility index (Phi) is 5.45. The highest BCUT2D eigenvalue weighted by molar-refractivity contribution is 6.30. The average Bonchev–Trinajstić information content (AvgIpc) is 2.67. The van der Waals surface area contributed by atoms with Gasteiger partial charge in [-0.15, -0.1) is 0 Å². The number of halogens is 1. The third kappa shape index (κ3) is 3.61. The van der Waals surface area contributed by atoms with Crippen LogP contribution in [0, 0.1) is 5.92 Å². The largest absolute Gasteiger partial charge is 0.342 e. The Morgan fingerprint density at radius 2 is 1.63 bits per heavy atom. The van der Waals surface area contributed by atoms with Crippen LogP contribution in [0.1, 0.15) is 56.9 Å². The van der Waals surface area contributed by atoms with Crippen molar-refractivity contribution in [3.05, 3.63) is 34.9 Å². The summed E-state index contributed by atoms with van der Waals surface area (Å²) in [4.78, 5) is 30.2. The minimum Gasteiger partial charge on any atom is -0.342 e. The number of nitrogens with zero attached hydrogens (tertiary/aromatic N) is 2. The molecule has 0 radical (unpaired) electrons. The fourth-order valence-corrected chi connectivity index (χ4v) is 5.14. The van der Waals surface area contributed by atoms with Gasteiger partial charge in [0.25, 0.3) is 0 Å². The first-order chi connectivity index (χ1) is 13.1. The summed E-state index contributed by atoms with van der Waals surface area (Å²) in [5.41, 5.74) is 0.659. The van der Waals surface area contributed by atoms with E-state index in [1.54, 1.807) is 0 Å². The fraction of sp³-hybridized carbons (Fsp3) is 0.636. The summed E-state index contributed by atoms with van der Waals surface area (Å²) in [6, 6.07) is 7.79. The molecule has 1 aromatic carbocycles. The number of amides is 2. The second kappa shape index (κ2) is 7.83. The van der Waals surface area contributed by atoms with Gasteiger partial charge < -0.3 is 9.80 Å². The number of piperidine rings is 2. The van der Waals surface area contributed by atoms with E-state index in [1.807, 2.05) is 34.1 Å². The van der Waals surface area contributed by atoms with Crippen LogP contribution in [0.4, 0.5) is 0 Å². The normalized spacial score (nSPS) is 23.0. The van der Waals surface area contributed by atoms with Crippen LogP contribution in [-0.2, 0) is 15.0 Å². The molecule has 2 amide bonds. The Hall–Kier alpha value is -1.55. The summed E-state index contributed by atoms with van der Waals surface area (Å²) in [6.45, 7) is 3.22. The van der Waals surface area contributed by atoms with E-state index < -0.39 is 5.41 Å². The van der Waals surface area contributed by atoms with Crippen LogP contribution in [0.3, 0.4) is 0 Å². The maximum atomic E-state index is 13.4. The predicted molar refractivity (Wildman–Crippen MR) is 107 cm³/mol. The molecule has 1 aliphatic carbocycles. The Balaban J connectivity index is 1.40. The highest BCUT2D eigenvalue weighted by Crippen LogP contribution is 2.46. The molecule has 0 N–H and O–H groups in total. The summed E-state index contributed by atoms with van der Waals surface area (Å²) in [5.74, 6) is 0.644. The van der Waals surface area contributed by atoms with E-state index in [2.05, 4.69) is 0 Å². The lowest BCUT2D eigenvalue weighted by atomic mass is 9.63. The molecule has 1 saturated carbocycles. The Morgan fingerprint density at radius 3 is 2.22 bits per heavy atom. The zero-order chi connectivity index (χ0) is 18.9. The quantitative estimate of drug-likeness (QED) is 0.784. The maximum absolute atomic E-state index is 13.4. The summed E-state index contributed by atoms with van der Waals surface area (Å²) >= 11 is 6.18. The van der Waals surface area contributed by atoms with Crippen molar-refractivity contribution in [1.29, 1.82) is 0 Å². The van der Waals surface area contributed by atoms with Gasteiger partial charge in [-0.1, -0.05) is 30.2 Å². The Morgan fingerprint density at radius 1 is 0.926 bits per heavy atom. The lowest BCUT2D eigenvalue weighted by Crippen LogP contribution is -2.54. The zero-order valence-corrected chi connectivity index (χ0v) is 16.7. The first-order valence-corrected chi connectivity index (χ1v) is 10.8. The molecular weight excluding hydrogens is 360 g/mol. The van der Waals surface area contributed by atoms with E-state index >= 15 is 0 Å². The van der Waals surface area contributed by atoms with E-state index in [1.165, 1.54) is 6.42 Å². The molecule has 2 heterocycles. The number of likely N-dealkylation sites (tertiary alicyclic amines) is 2. The monoisotopic (exact) mass is 388 g/mol. The molecule has 4 rings (SSSR count). The average molecular weight is 389 g/mol. The molecule has 0 bridgehead atoms. The molecule has 1 aromatic rings. The SMILES string of the molecule is O=C(C1CCN(C(=O)C2(c3cccc(Cl)c3)CCC2)CC1)N1CCCCC1. The van der Waals surface area contributed by atoms with Crippen molar-refractivity contribution in [1.82, 2.24) is 9.80 Å². The smallest absolute Gasteiger partial charge is 0.233 e. The van der Waals surface area contributed by atoms with Crippen molar-refractivity contribution in [3.63, 3.8) is 0 Å². The molecule has 3 fully saturated rings. The number of rotatable bonds is 3. The first kappa shape index (κ1) is 18.8. The molecular formula is C22H29ClN2O2. The van der Waals surface area contributed by atoms with Gasteiger partial charge in [-0.2, -0.15) is 0 Å². The third-order valence-corrected chi connectivity index (χ3v) is 7.03. The van der Waals surface area contributed by atoms with E-state index in [9.17, 15) is 9.59 Å². The van der Waals surface area contributed by atoms with Crippen molar-refractivity contribution in [2.45, 2.75) is 56.8 Å². The minimum atomic E-state index is -0.394. The fourth-order valence-electron chi connectivity index (χ4n) is 4.95. The molecule has 2 aliphatic heterocycles. The van der Waals surface area contributed by atoms with E-state index in [0.717, 1.165) is 63.6 Å². The molecule has 0 atom stereocenters. The lowest BCUT2D eigenvalue weighted by Gasteiger charge is -2.46. The van der Waals surface area contributed by atoms with Crippen molar-refractivity contribution in [2.75, 3.05) is 26.2 Å². The first-order valence-electron chi connectivity index (χ1n) is 10.4. The minimum absolute atomic E-state index is 0.0932. The molecule has 146 valence electrons.